The number of hydrogen-bond donors (Lipinski definition) is 2. The monoisotopic (exact) mass is 252 g/mol. The third-order valence-electron chi connectivity index (χ3n) is 2.09. The van der Waals surface area contributed by atoms with Crippen LogP contribution in [-0.2, 0) is 0 Å². The Morgan fingerprint density at radius 1 is 1.29 bits per heavy atom. The van der Waals surface area contributed by atoms with Gasteiger partial charge < -0.3 is 15.4 Å². The molecular formula is C13H20N2OS. The van der Waals surface area contributed by atoms with E-state index in [2.05, 4.69) is 24.5 Å². The van der Waals surface area contributed by atoms with E-state index in [-0.39, 0.29) is 0 Å². The lowest BCUT2D eigenvalue weighted by atomic mass is 10.2. The molecule has 0 atom stereocenters. The SMILES string of the molecule is CCOc1ccc(NC(=S)NCC(C)C)cc1. The van der Waals surface area contributed by atoms with Gasteiger partial charge in [-0.1, -0.05) is 13.8 Å². The second-order valence-corrected chi connectivity index (χ2v) is 4.59. The third kappa shape index (κ3) is 5.54. The van der Waals surface area contributed by atoms with Crippen LogP contribution in [0.3, 0.4) is 0 Å². The number of thiocarbonyl (C=S) groups is 1. The first-order valence-corrected chi connectivity index (χ1v) is 6.30. The molecule has 94 valence electrons. The highest BCUT2D eigenvalue weighted by atomic mass is 32.1. The van der Waals surface area contributed by atoms with E-state index in [0.717, 1.165) is 18.0 Å². The Morgan fingerprint density at radius 3 is 2.47 bits per heavy atom. The molecule has 0 saturated heterocycles. The average Bonchev–Trinajstić information content (AvgIpc) is 2.29. The van der Waals surface area contributed by atoms with E-state index >= 15 is 0 Å². The minimum absolute atomic E-state index is 0.579. The first-order chi connectivity index (χ1) is 8.11. The van der Waals surface area contributed by atoms with Gasteiger partial charge in [0.1, 0.15) is 5.75 Å². The van der Waals surface area contributed by atoms with E-state index in [1.54, 1.807) is 0 Å². The smallest absolute Gasteiger partial charge is 0.170 e. The third-order valence-corrected chi connectivity index (χ3v) is 2.34. The highest BCUT2D eigenvalue weighted by Gasteiger charge is 1.99. The number of benzene rings is 1. The van der Waals surface area contributed by atoms with E-state index in [4.69, 9.17) is 17.0 Å². The van der Waals surface area contributed by atoms with E-state index < -0.39 is 0 Å². The maximum Gasteiger partial charge on any atom is 0.170 e. The van der Waals surface area contributed by atoms with Gasteiger partial charge in [-0.05, 0) is 49.3 Å². The van der Waals surface area contributed by atoms with Gasteiger partial charge in [-0.15, -0.1) is 0 Å². The van der Waals surface area contributed by atoms with Crippen LogP contribution in [0.2, 0.25) is 0 Å². The van der Waals surface area contributed by atoms with Gasteiger partial charge in [0.2, 0.25) is 0 Å². The second-order valence-electron chi connectivity index (χ2n) is 4.19. The summed E-state index contributed by atoms with van der Waals surface area (Å²) in [5.74, 6) is 1.45. The van der Waals surface area contributed by atoms with E-state index in [9.17, 15) is 0 Å². The van der Waals surface area contributed by atoms with Crippen molar-refractivity contribution >= 4 is 23.0 Å². The van der Waals surface area contributed by atoms with Gasteiger partial charge >= 0.3 is 0 Å². The predicted molar refractivity (Wildman–Crippen MR) is 76.7 cm³/mol. The Bertz CT molecular complexity index is 349. The highest BCUT2D eigenvalue weighted by Crippen LogP contribution is 2.15. The van der Waals surface area contributed by atoms with Crippen molar-refractivity contribution in [2.75, 3.05) is 18.5 Å². The Morgan fingerprint density at radius 2 is 1.94 bits per heavy atom. The molecule has 1 aromatic carbocycles. The molecule has 2 N–H and O–H groups in total. The Kier molecular flexibility index (Phi) is 5.77. The summed E-state index contributed by atoms with van der Waals surface area (Å²) in [5.41, 5.74) is 0.967. The summed E-state index contributed by atoms with van der Waals surface area (Å²) in [4.78, 5) is 0. The lowest BCUT2D eigenvalue weighted by Gasteiger charge is -2.12. The van der Waals surface area contributed by atoms with Crippen molar-refractivity contribution in [3.05, 3.63) is 24.3 Å². The molecule has 0 heterocycles. The predicted octanol–water partition coefficient (Wildman–Crippen LogP) is 3.03. The van der Waals surface area contributed by atoms with Crippen LogP contribution in [0.4, 0.5) is 5.69 Å². The van der Waals surface area contributed by atoms with Crippen LogP contribution >= 0.6 is 12.2 Å². The van der Waals surface area contributed by atoms with Crippen molar-refractivity contribution < 1.29 is 4.74 Å². The summed E-state index contributed by atoms with van der Waals surface area (Å²) in [6.07, 6.45) is 0. The molecule has 0 amide bonds. The van der Waals surface area contributed by atoms with Crippen LogP contribution in [0.25, 0.3) is 0 Å². The molecule has 0 aliphatic carbocycles. The maximum atomic E-state index is 5.37. The number of anilines is 1. The molecule has 0 aliphatic rings. The van der Waals surface area contributed by atoms with Crippen LogP contribution < -0.4 is 15.4 Å². The lowest BCUT2D eigenvalue weighted by Crippen LogP contribution is -2.31. The zero-order chi connectivity index (χ0) is 12.7. The summed E-state index contributed by atoms with van der Waals surface area (Å²) in [6.45, 7) is 7.82. The van der Waals surface area contributed by atoms with E-state index in [1.807, 2.05) is 31.2 Å². The molecule has 0 aromatic heterocycles. The zero-order valence-corrected chi connectivity index (χ0v) is 11.4. The summed E-state index contributed by atoms with van der Waals surface area (Å²) >= 11 is 5.19. The lowest BCUT2D eigenvalue weighted by molar-refractivity contribution is 0.340. The molecule has 1 rings (SSSR count). The number of nitrogens with one attached hydrogen (secondary N) is 2. The van der Waals surface area contributed by atoms with Crippen molar-refractivity contribution in [1.82, 2.24) is 5.32 Å². The Labute approximate surface area is 109 Å². The molecule has 0 unspecified atom stereocenters. The molecule has 17 heavy (non-hydrogen) atoms. The van der Waals surface area contributed by atoms with Crippen molar-refractivity contribution in [3.63, 3.8) is 0 Å². The number of hydrogen-bond acceptors (Lipinski definition) is 2. The van der Waals surface area contributed by atoms with Gasteiger partial charge in [-0.3, -0.25) is 0 Å². The fourth-order valence-corrected chi connectivity index (χ4v) is 1.47. The normalized spacial score (nSPS) is 10.1. The largest absolute Gasteiger partial charge is 0.494 e. The molecule has 0 bridgehead atoms. The van der Waals surface area contributed by atoms with Crippen molar-refractivity contribution in [1.29, 1.82) is 0 Å². The van der Waals surface area contributed by atoms with E-state index in [0.29, 0.717) is 17.6 Å². The van der Waals surface area contributed by atoms with Gasteiger partial charge in [-0.25, -0.2) is 0 Å². The number of ether oxygens (including phenoxy) is 1. The van der Waals surface area contributed by atoms with Crippen LogP contribution in [0.5, 0.6) is 5.75 Å². The molecule has 0 spiro atoms. The summed E-state index contributed by atoms with van der Waals surface area (Å²) in [5, 5.41) is 6.95. The first kappa shape index (κ1) is 13.8. The van der Waals surface area contributed by atoms with Crippen molar-refractivity contribution in [2.45, 2.75) is 20.8 Å². The fourth-order valence-electron chi connectivity index (χ4n) is 1.27. The van der Waals surface area contributed by atoms with Gasteiger partial charge in [0.25, 0.3) is 0 Å². The molecule has 0 fully saturated rings. The van der Waals surface area contributed by atoms with Crippen LogP contribution in [-0.4, -0.2) is 18.3 Å². The molecule has 4 heteroatoms. The van der Waals surface area contributed by atoms with Gasteiger partial charge in [0.15, 0.2) is 5.11 Å². The van der Waals surface area contributed by atoms with Crippen molar-refractivity contribution in [3.8, 4) is 5.75 Å². The van der Waals surface area contributed by atoms with E-state index in [1.165, 1.54) is 0 Å². The Balaban J connectivity index is 2.43. The maximum absolute atomic E-state index is 5.37. The molecule has 0 radical (unpaired) electrons. The highest BCUT2D eigenvalue weighted by molar-refractivity contribution is 7.80. The summed E-state index contributed by atoms with van der Waals surface area (Å²) in [6, 6.07) is 7.76. The second kappa shape index (κ2) is 7.12. The minimum Gasteiger partial charge on any atom is -0.494 e. The van der Waals surface area contributed by atoms with Crippen LogP contribution in [0.1, 0.15) is 20.8 Å². The summed E-state index contributed by atoms with van der Waals surface area (Å²) < 4.78 is 5.37. The topological polar surface area (TPSA) is 33.3 Å². The van der Waals surface area contributed by atoms with Gasteiger partial charge in [0.05, 0.1) is 6.61 Å². The molecule has 0 aliphatic heterocycles. The molecule has 1 aromatic rings. The average molecular weight is 252 g/mol. The van der Waals surface area contributed by atoms with Crippen LogP contribution in [0.15, 0.2) is 24.3 Å². The number of rotatable bonds is 5. The quantitative estimate of drug-likeness (QED) is 0.789. The molecular weight excluding hydrogens is 232 g/mol. The van der Waals surface area contributed by atoms with Gasteiger partial charge in [0, 0.05) is 12.2 Å². The summed E-state index contributed by atoms with van der Waals surface area (Å²) in [7, 11) is 0. The first-order valence-electron chi connectivity index (χ1n) is 5.89. The fraction of sp³-hybridized carbons (Fsp3) is 0.462. The standard InChI is InChI=1S/C13H20N2OS/c1-4-16-12-7-5-11(6-8-12)15-13(17)14-9-10(2)3/h5-8,10H,4,9H2,1-3H3,(H2,14,15,17). The Hall–Kier alpha value is -1.29. The van der Waals surface area contributed by atoms with Crippen molar-refractivity contribution in [2.24, 2.45) is 5.92 Å². The van der Waals surface area contributed by atoms with Crippen LogP contribution in [0, 0.1) is 5.92 Å². The minimum atomic E-state index is 0.579. The zero-order valence-electron chi connectivity index (χ0n) is 10.6. The van der Waals surface area contributed by atoms with Gasteiger partial charge in [-0.2, -0.15) is 0 Å². The molecule has 0 saturated carbocycles. The molecule has 3 nitrogen and oxygen atoms in total.